The molecule has 9 heteroatoms. The van der Waals surface area contributed by atoms with Crippen LogP contribution in [0, 0.1) is 5.82 Å². The Hall–Kier alpha value is -1.91. The van der Waals surface area contributed by atoms with Crippen molar-refractivity contribution in [1.29, 1.82) is 0 Å². The van der Waals surface area contributed by atoms with Crippen LogP contribution in [0.4, 0.5) is 4.39 Å². The summed E-state index contributed by atoms with van der Waals surface area (Å²) in [6.07, 6.45) is 2.58. The average Bonchev–Trinajstić information content (AvgIpc) is 2.79. The highest BCUT2D eigenvalue weighted by molar-refractivity contribution is 9.10. The van der Waals surface area contributed by atoms with Gasteiger partial charge in [0, 0.05) is 32.0 Å². The first-order valence-corrected chi connectivity index (χ1v) is 10.7. The highest BCUT2D eigenvalue weighted by Crippen LogP contribution is 2.29. The van der Waals surface area contributed by atoms with Gasteiger partial charge >= 0.3 is 0 Å². The van der Waals surface area contributed by atoms with Crippen LogP contribution in [0.3, 0.4) is 0 Å². The van der Waals surface area contributed by atoms with Crippen LogP contribution in [-0.4, -0.2) is 44.7 Å². The average molecular weight is 498 g/mol. The maximum absolute atomic E-state index is 13.7. The molecular formula is C22H25BrFNO6. The second-order valence-electron chi connectivity index (χ2n) is 7.00. The first-order chi connectivity index (χ1) is 15.0. The Morgan fingerprint density at radius 1 is 1.23 bits per heavy atom. The van der Waals surface area contributed by atoms with Crippen LogP contribution in [0.2, 0.25) is 0 Å². The predicted molar refractivity (Wildman–Crippen MR) is 113 cm³/mol. The van der Waals surface area contributed by atoms with Crippen molar-refractivity contribution in [2.75, 3.05) is 27.6 Å². The standard InChI is InChI=1S/C22H25BrFNO6/c1-27-11-15-9-16(12-30-19-5-3-4-8-29-19)25-20(22(15)31-13-28-2)21(26)14-6-7-18(24)17(23)10-14/h6-7,9-10,19H,3-5,8,11-13H2,1-2H3. The third kappa shape index (κ3) is 6.30. The Kier molecular flexibility index (Phi) is 8.91. The molecule has 1 aliphatic rings. The van der Waals surface area contributed by atoms with Crippen molar-refractivity contribution >= 4 is 21.7 Å². The van der Waals surface area contributed by atoms with Crippen molar-refractivity contribution in [3.8, 4) is 5.75 Å². The molecule has 0 N–H and O–H groups in total. The smallest absolute Gasteiger partial charge is 0.215 e. The quantitative estimate of drug-likeness (QED) is 0.355. The van der Waals surface area contributed by atoms with E-state index in [4.69, 9.17) is 23.7 Å². The minimum atomic E-state index is -0.463. The van der Waals surface area contributed by atoms with E-state index in [-0.39, 0.29) is 47.8 Å². The minimum Gasteiger partial charge on any atom is -0.465 e. The fourth-order valence-electron chi connectivity index (χ4n) is 3.21. The van der Waals surface area contributed by atoms with E-state index in [9.17, 15) is 9.18 Å². The molecule has 1 unspecified atom stereocenters. The maximum Gasteiger partial charge on any atom is 0.215 e. The van der Waals surface area contributed by atoms with Crippen LogP contribution in [0.25, 0.3) is 0 Å². The summed E-state index contributed by atoms with van der Waals surface area (Å²) < 4.78 is 41.3. The third-order valence-corrected chi connectivity index (χ3v) is 5.28. The van der Waals surface area contributed by atoms with E-state index in [2.05, 4.69) is 20.9 Å². The van der Waals surface area contributed by atoms with Gasteiger partial charge in [0.1, 0.15) is 5.82 Å². The summed E-state index contributed by atoms with van der Waals surface area (Å²) >= 11 is 3.12. The lowest BCUT2D eigenvalue weighted by molar-refractivity contribution is -0.169. The monoisotopic (exact) mass is 497 g/mol. The number of hydrogen-bond donors (Lipinski definition) is 0. The number of pyridine rings is 1. The number of hydrogen-bond acceptors (Lipinski definition) is 7. The molecule has 2 heterocycles. The number of halogens is 2. The zero-order chi connectivity index (χ0) is 22.2. The number of methoxy groups -OCH3 is 2. The van der Waals surface area contributed by atoms with Crippen molar-refractivity contribution in [1.82, 2.24) is 4.98 Å². The Morgan fingerprint density at radius 2 is 2.06 bits per heavy atom. The number of benzene rings is 1. The fraction of sp³-hybridized carbons (Fsp3) is 0.455. The van der Waals surface area contributed by atoms with Gasteiger partial charge in [0.05, 0.1) is 23.4 Å². The van der Waals surface area contributed by atoms with E-state index in [1.54, 1.807) is 13.2 Å². The lowest BCUT2D eigenvalue weighted by Crippen LogP contribution is -2.22. The first-order valence-electron chi connectivity index (χ1n) is 9.90. The zero-order valence-electron chi connectivity index (χ0n) is 17.5. The zero-order valence-corrected chi connectivity index (χ0v) is 19.1. The molecule has 1 saturated heterocycles. The normalized spacial score (nSPS) is 16.3. The molecule has 0 bridgehead atoms. The molecule has 1 aromatic heterocycles. The van der Waals surface area contributed by atoms with E-state index in [0.29, 0.717) is 17.9 Å². The van der Waals surface area contributed by atoms with Gasteiger partial charge in [-0.15, -0.1) is 0 Å². The summed E-state index contributed by atoms with van der Waals surface area (Å²) in [5, 5.41) is 0. The van der Waals surface area contributed by atoms with Gasteiger partial charge in [0.2, 0.25) is 5.78 Å². The molecule has 0 radical (unpaired) electrons. The molecule has 31 heavy (non-hydrogen) atoms. The second kappa shape index (κ2) is 11.6. The van der Waals surface area contributed by atoms with Gasteiger partial charge in [-0.1, -0.05) is 0 Å². The summed E-state index contributed by atoms with van der Waals surface area (Å²) in [6, 6.07) is 5.80. The molecule has 1 aliphatic heterocycles. The summed E-state index contributed by atoms with van der Waals surface area (Å²) in [5.41, 5.74) is 1.51. The molecule has 0 saturated carbocycles. The van der Waals surface area contributed by atoms with Crippen LogP contribution in [-0.2, 0) is 32.2 Å². The van der Waals surface area contributed by atoms with Crippen LogP contribution in [0.5, 0.6) is 5.75 Å². The van der Waals surface area contributed by atoms with Gasteiger partial charge in [-0.2, -0.15) is 0 Å². The van der Waals surface area contributed by atoms with E-state index < -0.39 is 11.6 Å². The van der Waals surface area contributed by atoms with E-state index in [1.807, 2.05) is 0 Å². The number of ether oxygens (including phenoxy) is 5. The molecule has 0 amide bonds. The molecule has 0 aliphatic carbocycles. The van der Waals surface area contributed by atoms with Gasteiger partial charge in [-0.25, -0.2) is 9.37 Å². The van der Waals surface area contributed by atoms with Crippen LogP contribution in [0.15, 0.2) is 28.7 Å². The Bertz CT molecular complexity index is 904. The first kappa shape index (κ1) is 23.7. The number of ketones is 1. The minimum absolute atomic E-state index is 0.0719. The summed E-state index contributed by atoms with van der Waals surface area (Å²) in [7, 11) is 3.03. The number of carbonyl (C=O) groups is 1. The third-order valence-electron chi connectivity index (χ3n) is 4.68. The molecule has 1 fully saturated rings. The van der Waals surface area contributed by atoms with Gasteiger partial charge in [-0.05, 0) is 59.5 Å². The molecule has 1 atom stereocenters. The van der Waals surface area contributed by atoms with E-state index in [1.165, 1.54) is 25.3 Å². The molecule has 7 nitrogen and oxygen atoms in total. The molecule has 0 spiro atoms. The molecular weight excluding hydrogens is 473 g/mol. The van der Waals surface area contributed by atoms with Crippen molar-refractivity contribution < 1.29 is 32.9 Å². The number of rotatable bonds is 10. The SMILES string of the molecule is COCOc1c(COC)cc(COC2CCCCO2)nc1C(=O)c1ccc(F)c(Br)c1. The number of aromatic nitrogens is 1. The van der Waals surface area contributed by atoms with E-state index >= 15 is 0 Å². The Morgan fingerprint density at radius 3 is 2.74 bits per heavy atom. The summed E-state index contributed by atoms with van der Waals surface area (Å²) in [6.45, 7) is 0.957. The van der Waals surface area contributed by atoms with Crippen molar-refractivity contribution in [3.05, 3.63) is 57.1 Å². The summed E-state index contributed by atoms with van der Waals surface area (Å²) in [4.78, 5) is 17.8. The molecule has 3 rings (SSSR count). The predicted octanol–water partition coefficient (Wildman–Crippen LogP) is 4.39. The lowest BCUT2D eigenvalue weighted by Gasteiger charge is -2.23. The fourth-order valence-corrected chi connectivity index (χ4v) is 3.59. The largest absolute Gasteiger partial charge is 0.465 e. The Labute approximate surface area is 188 Å². The van der Waals surface area contributed by atoms with Gasteiger partial charge in [0.25, 0.3) is 0 Å². The van der Waals surface area contributed by atoms with Gasteiger partial charge < -0.3 is 23.7 Å². The maximum atomic E-state index is 13.7. The van der Waals surface area contributed by atoms with Crippen LogP contribution < -0.4 is 4.74 Å². The summed E-state index contributed by atoms with van der Waals surface area (Å²) in [5.74, 6) is -0.623. The molecule has 1 aromatic carbocycles. The Balaban J connectivity index is 1.96. The lowest BCUT2D eigenvalue weighted by atomic mass is 10.0. The van der Waals surface area contributed by atoms with Crippen molar-refractivity contribution in [2.45, 2.75) is 38.8 Å². The van der Waals surface area contributed by atoms with Crippen LogP contribution >= 0.6 is 15.9 Å². The molecule has 2 aromatic rings. The van der Waals surface area contributed by atoms with Gasteiger partial charge in [0.15, 0.2) is 24.5 Å². The van der Waals surface area contributed by atoms with Crippen molar-refractivity contribution in [2.24, 2.45) is 0 Å². The molecule has 168 valence electrons. The highest BCUT2D eigenvalue weighted by atomic mass is 79.9. The van der Waals surface area contributed by atoms with Crippen LogP contribution in [0.1, 0.15) is 46.6 Å². The van der Waals surface area contributed by atoms with E-state index in [0.717, 1.165) is 19.3 Å². The highest BCUT2D eigenvalue weighted by Gasteiger charge is 2.23. The van der Waals surface area contributed by atoms with Gasteiger partial charge in [-0.3, -0.25) is 4.79 Å². The number of carbonyl (C=O) groups excluding carboxylic acids is 1. The number of nitrogens with zero attached hydrogens (tertiary/aromatic N) is 1. The second-order valence-corrected chi connectivity index (χ2v) is 7.85. The van der Waals surface area contributed by atoms with Crippen molar-refractivity contribution in [3.63, 3.8) is 0 Å². The topological polar surface area (TPSA) is 76.1 Å².